The van der Waals surface area contributed by atoms with E-state index < -0.39 is 16.9 Å². The van der Waals surface area contributed by atoms with Gasteiger partial charge in [-0.1, -0.05) is 12.1 Å². The fraction of sp³-hybridized carbons (Fsp3) is 0.111. The van der Waals surface area contributed by atoms with Crippen LogP contribution in [0.1, 0.15) is 5.56 Å². The van der Waals surface area contributed by atoms with Gasteiger partial charge >= 0.3 is 6.03 Å². The van der Waals surface area contributed by atoms with Crippen molar-refractivity contribution in [1.29, 1.82) is 0 Å². The summed E-state index contributed by atoms with van der Waals surface area (Å²) in [4.78, 5) is 24.6. The summed E-state index contributed by atoms with van der Waals surface area (Å²) < 4.78 is 0. The van der Waals surface area contributed by atoms with Crippen LogP contribution in [0.4, 0.5) is 16.2 Å². The number of carbonyl (C=O) groups excluding carboxylic acids is 1. The quantitative estimate of drug-likeness (QED) is 0.301. The second-order valence-corrected chi connectivity index (χ2v) is 3.19. The number of aryl methyl sites for hydroxylation is 1. The van der Waals surface area contributed by atoms with Crippen molar-refractivity contribution >= 4 is 23.4 Å². The minimum atomic E-state index is -0.859. The summed E-state index contributed by atoms with van der Waals surface area (Å²) in [6, 6.07) is 3.56. The number of nitrogens with zero attached hydrogens (tertiary/aromatic N) is 2. The number of hydrogen-bond acceptors (Lipinski definition) is 3. The first-order chi connectivity index (χ1) is 7.91. The molecule has 0 aromatic heterocycles. The SMILES string of the molecule is Cc1cccc([N+](=O)[O-])c1NC(=O)N=C(N)N. The smallest absolute Gasteiger partial charge is 0.348 e. The summed E-state index contributed by atoms with van der Waals surface area (Å²) in [5.74, 6) is -0.418. The minimum Gasteiger partial charge on any atom is -0.370 e. The molecule has 90 valence electrons. The molecule has 5 N–H and O–H groups in total. The van der Waals surface area contributed by atoms with Crippen LogP contribution in [-0.4, -0.2) is 16.9 Å². The molecule has 0 spiro atoms. The maximum atomic E-state index is 11.3. The van der Waals surface area contributed by atoms with Gasteiger partial charge < -0.3 is 11.5 Å². The van der Waals surface area contributed by atoms with Gasteiger partial charge in [0.25, 0.3) is 5.69 Å². The maximum absolute atomic E-state index is 11.3. The van der Waals surface area contributed by atoms with Crippen molar-refractivity contribution in [3.05, 3.63) is 33.9 Å². The van der Waals surface area contributed by atoms with Crippen molar-refractivity contribution in [3.8, 4) is 0 Å². The van der Waals surface area contributed by atoms with Crippen LogP contribution in [0.15, 0.2) is 23.2 Å². The highest BCUT2D eigenvalue weighted by molar-refractivity contribution is 5.99. The molecule has 1 rings (SSSR count). The molecule has 0 saturated carbocycles. The number of benzene rings is 1. The first-order valence-corrected chi connectivity index (χ1v) is 4.56. The Morgan fingerprint density at radius 2 is 2.12 bits per heavy atom. The number of anilines is 1. The zero-order chi connectivity index (χ0) is 13.0. The van der Waals surface area contributed by atoms with Crippen molar-refractivity contribution in [2.24, 2.45) is 16.5 Å². The maximum Gasteiger partial charge on any atom is 0.348 e. The first kappa shape index (κ1) is 12.4. The number of para-hydroxylation sites is 1. The van der Waals surface area contributed by atoms with Crippen LogP contribution >= 0.6 is 0 Å². The van der Waals surface area contributed by atoms with Crippen LogP contribution in [0, 0.1) is 17.0 Å². The molecule has 0 radical (unpaired) electrons. The van der Waals surface area contributed by atoms with Crippen molar-refractivity contribution in [2.75, 3.05) is 5.32 Å². The predicted octanol–water partition coefficient (Wildman–Crippen LogP) is 0.709. The van der Waals surface area contributed by atoms with E-state index in [-0.39, 0.29) is 11.4 Å². The Labute approximate surface area is 96.5 Å². The summed E-state index contributed by atoms with van der Waals surface area (Å²) >= 11 is 0. The van der Waals surface area contributed by atoms with E-state index in [0.717, 1.165) is 0 Å². The summed E-state index contributed by atoms with van der Waals surface area (Å²) in [6.45, 7) is 1.62. The molecule has 0 saturated heterocycles. The van der Waals surface area contributed by atoms with Crippen molar-refractivity contribution in [1.82, 2.24) is 0 Å². The standard InChI is InChI=1S/C9H11N5O3/c1-5-3-2-4-6(14(16)17)7(5)12-9(15)13-8(10)11/h2-4H,1H3,(H5,10,11,12,13,15). The number of hydrogen-bond donors (Lipinski definition) is 3. The van der Waals surface area contributed by atoms with Crippen LogP contribution in [0.25, 0.3) is 0 Å². The molecule has 0 atom stereocenters. The van der Waals surface area contributed by atoms with E-state index in [0.29, 0.717) is 5.56 Å². The number of guanidine groups is 1. The Bertz CT molecular complexity index is 493. The molecule has 0 aliphatic carbocycles. The lowest BCUT2D eigenvalue weighted by Crippen LogP contribution is -2.25. The molecule has 0 heterocycles. The molecule has 17 heavy (non-hydrogen) atoms. The van der Waals surface area contributed by atoms with Crippen LogP contribution in [0.2, 0.25) is 0 Å². The van der Waals surface area contributed by atoms with Crippen LogP contribution in [0.3, 0.4) is 0 Å². The van der Waals surface area contributed by atoms with Gasteiger partial charge in [-0.15, -0.1) is 0 Å². The van der Waals surface area contributed by atoms with Crippen molar-refractivity contribution in [3.63, 3.8) is 0 Å². The van der Waals surface area contributed by atoms with Gasteiger partial charge in [-0.05, 0) is 12.5 Å². The molecule has 0 unspecified atom stereocenters. The number of rotatable bonds is 2. The molecular weight excluding hydrogens is 226 g/mol. The molecule has 8 heteroatoms. The van der Waals surface area contributed by atoms with Gasteiger partial charge in [0.2, 0.25) is 0 Å². The van der Waals surface area contributed by atoms with Crippen LogP contribution in [0.5, 0.6) is 0 Å². The lowest BCUT2D eigenvalue weighted by molar-refractivity contribution is -0.383. The average molecular weight is 237 g/mol. The number of nitrogens with one attached hydrogen (secondary N) is 1. The predicted molar refractivity (Wildman–Crippen MR) is 62.7 cm³/mol. The third-order valence-corrected chi connectivity index (χ3v) is 1.91. The highest BCUT2D eigenvalue weighted by atomic mass is 16.6. The fourth-order valence-electron chi connectivity index (χ4n) is 1.22. The van der Waals surface area contributed by atoms with Gasteiger partial charge in [0.1, 0.15) is 5.69 Å². The van der Waals surface area contributed by atoms with Crippen molar-refractivity contribution < 1.29 is 9.72 Å². The monoisotopic (exact) mass is 237 g/mol. The first-order valence-electron chi connectivity index (χ1n) is 4.56. The number of nitro benzene ring substituents is 1. The second-order valence-electron chi connectivity index (χ2n) is 3.19. The van der Waals surface area contributed by atoms with E-state index in [1.165, 1.54) is 12.1 Å². The van der Waals surface area contributed by atoms with E-state index >= 15 is 0 Å². The topological polar surface area (TPSA) is 137 Å². The molecular formula is C9H11N5O3. The summed E-state index contributed by atoms with van der Waals surface area (Å²) in [5.41, 5.74) is 10.4. The third kappa shape index (κ3) is 3.16. The zero-order valence-electron chi connectivity index (χ0n) is 9.01. The normalized spacial score (nSPS) is 9.47. The Balaban J connectivity index is 3.09. The Kier molecular flexibility index (Phi) is 3.60. The number of amides is 2. The van der Waals surface area contributed by atoms with Gasteiger partial charge in [-0.3, -0.25) is 15.4 Å². The highest BCUT2D eigenvalue weighted by Gasteiger charge is 2.17. The molecule has 0 aliphatic heterocycles. The fourth-order valence-corrected chi connectivity index (χ4v) is 1.22. The molecule has 2 amide bonds. The molecule has 8 nitrogen and oxygen atoms in total. The van der Waals surface area contributed by atoms with Gasteiger partial charge in [0, 0.05) is 6.07 Å². The third-order valence-electron chi connectivity index (χ3n) is 1.91. The Hall–Kier alpha value is -2.64. The molecule has 0 fully saturated rings. The van der Waals surface area contributed by atoms with E-state index in [2.05, 4.69) is 10.3 Å². The van der Waals surface area contributed by atoms with Crippen LogP contribution < -0.4 is 16.8 Å². The van der Waals surface area contributed by atoms with E-state index in [9.17, 15) is 14.9 Å². The second kappa shape index (κ2) is 4.92. The highest BCUT2D eigenvalue weighted by Crippen LogP contribution is 2.27. The van der Waals surface area contributed by atoms with Gasteiger partial charge in [-0.2, -0.15) is 4.99 Å². The van der Waals surface area contributed by atoms with Gasteiger partial charge in [0.15, 0.2) is 5.96 Å². The summed E-state index contributed by atoms with van der Waals surface area (Å²) in [7, 11) is 0. The number of urea groups is 1. The molecule has 1 aromatic rings. The van der Waals surface area contributed by atoms with E-state index in [1.54, 1.807) is 13.0 Å². The number of aliphatic imine (C=N–C) groups is 1. The number of nitro groups is 1. The zero-order valence-corrected chi connectivity index (χ0v) is 9.01. The number of nitrogens with two attached hydrogens (primary N) is 2. The summed E-state index contributed by atoms with van der Waals surface area (Å²) in [5, 5.41) is 13.0. The lowest BCUT2D eigenvalue weighted by atomic mass is 10.1. The largest absolute Gasteiger partial charge is 0.370 e. The van der Waals surface area contributed by atoms with Gasteiger partial charge in [-0.25, -0.2) is 4.79 Å². The lowest BCUT2D eigenvalue weighted by Gasteiger charge is -2.06. The van der Waals surface area contributed by atoms with Gasteiger partial charge in [0.05, 0.1) is 4.92 Å². The molecule has 0 bridgehead atoms. The minimum absolute atomic E-state index is 0.0764. The molecule has 1 aromatic carbocycles. The van der Waals surface area contributed by atoms with Crippen molar-refractivity contribution in [2.45, 2.75) is 6.92 Å². The molecule has 0 aliphatic rings. The average Bonchev–Trinajstić information content (AvgIpc) is 2.19. The number of carbonyl (C=O) groups is 1. The Morgan fingerprint density at radius 3 is 2.65 bits per heavy atom. The van der Waals surface area contributed by atoms with Crippen LogP contribution in [-0.2, 0) is 0 Å². The Morgan fingerprint density at radius 1 is 1.47 bits per heavy atom. The van der Waals surface area contributed by atoms with E-state index in [4.69, 9.17) is 11.5 Å². The summed E-state index contributed by atoms with van der Waals surface area (Å²) in [6.07, 6.45) is 0. The van der Waals surface area contributed by atoms with E-state index in [1.807, 2.05) is 0 Å².